The second kappa shape index (κ2) is 7.82. The summed E-state index contributed by atoms with van der Waals surface area (Å²) in [5.74, 6) is -1.73. The molecule has 0 saturated carbocycles. The van der Waals surface area contributed by atoms with Crippen molar-refractivity contribution in [3.63, 3.8) is 0 Å². The fraction of sp³-hybridized carbons (Fsp3) is 0.300. The number of aryl methyl sites for hydroxylation is 1. The number of rotatable bonds is 4. The van der Waals surface area contributed by atoms with E-state index in [0.717, 1.165) is 42.5 Å². The number of alkyl halides is 3. The lowest BCUT2D eigenvalue weighted by atomic mass is 9.88. The highest BCUT2D eigenvalue weighted by molar-refractivity contribution is 5.93. The molecule has 7 heteroatoms. The number of esters is 1. The molecular formula is C20H18F3NO3. The first-order valence-electron chi connectivity index (χ1n) is 8.57. The van der Waals surface area contributed by atoms with Gasteiger partial charge < -0.3 is 10.1 Å². The summed E-state index contributed by atoms with van der Waals surface area (Å²) in [6.45, 7) is -0.635. The van der Waals surface area contributed by atoms with Gasteiger partial charge in [-0.25, -0.2) is 4.79 Å². The summed E-state index contributed by atoms with van der Waals surface area (Å²) in [6, 6.07) is 11.9. The summed E-state index contributed by atoms with van der Waals surface area (Å²) >= 11 is 0. The first kappa shape index (κ1) is 18.9. The molecule has 2 aromatic carbocycles. The van der Waals surface area contributed by atoms with Crippen LogP contribution in [0.2, 0.25) is 0 Å². The van der Waals surface area contributed by atoms with Gasteiger partial charge in [0.25, 0.3) is 5.91 Å². The Morgan fingerprint density at radius 1 is 1.07 bits per heavy atom. The van der Waals surface area contributed by atoms with Gasteiger partial charge in [-0.3, -0.25) is 4.79 Å². The average Bonchev–Trinajstić information content (AvgIpc) is 2.66. The molecule has 27 heavy (non-hydrogen) atoms. The molecule has 1 atom stereocenters. The first-order valence-corrected chi connectivity index (χ1v) is 8.57. The summed E-state index contributed by atoms with van der Waals surface area (Å²) in [6.07, 6.45) is -2.07. The molecule has 0 heterocycles. The second-order valence-corrected chi connectivity index (χ2v) is 6.33. The number of benzene rings is 2. The normalized spacial score (nSPS) is 16.3. The quantitative estimate of drug-likeness (QED) is 0.818. The lowest BCUT2D eigenvalue weighted by molar-refractivity contribution is -0.138. The van der Waals surface area contributed by atoms with Crippen molar-refractivity contribution < 1.29 is 27.5 Å². The van der Waals surface area contributed by atoms with E-state index in [2.05, 4.69) is 5.32 Å². The van der Waals surface area contributed by atoms with Gasteiger partial charge in [-0.15, -0.1) is 0 Å². The molecule has 0 spiro atoms. The maximum atomic E-state index is 13.0. The number of nitrogens with one attached hydrogen (secondary N) is 1. The highest BCUT2D eigenvalue weighted by Gasteiger charge is 2.35. The minimum atomic E-state index is -4.68. The van der Waals surface area contributed by atoms with Crippen LogP contribution in [-0.2, 0) is 22.1 Å². The number of ether oxygens (including phenoxy) is 1. The van der Waals surface area contributed by atoms with E-state index < -0.39 is 35.8 Å². The van der Waals surface area contributed by atoms with Crippen molar-refractivity contribution in [1.29, 1.82) is 0 Å². The van der Waals surface area contributed by atoms with Crippen LogP contribution in [0.3, 0.4) is 0 Å². The summed E-state index contributed by atoms with van der Waals surface area (Å²) in [7, 11) is 0. The Labute approximate surface area is 154 Å². The van der Waals surface area contributed by atoms with Crippen LogP contribution in [0, 0.1) is 0 Å². The van der Waals surface area contributed by atoms with Gasteiger partial charge in [-0.1, -0.05) is 36.4 Å². The van der Waals surface area contributed by atoms with E-state index in [9.17, 15) is 22.8 Å². The van der Waals surface area contributed by atoms with Gasteiger partial charge in [0.2, 0.25) is 0 Å². The van der Waals surface area contributed by atoms with Gasteiger partial charge in [0.1, 0.15) is 0 Å². The number of carbonyl (C=O) groups is 2. The molecule has 142 valence electrons. The van der Waals surface area contributed by atoms with Gasteiger partial charge in [0, 0.05) is 0 Å². The Balaban J connectivity index is 1.62. The minimum Gasteiger partial charge on any atom is -0.452 e. The first-order chi connectivity index (χ1) is 12.9. The van der Waals surface area contributed by atoms with Crippen LogP contribution in [0.15, 0.2) is 48.5 Å². The maximum absolute atomic E-state index is 13.0. The lowest BCUT2D eigenvalue weighted by Gasteiger charge is -2.26. The van der Waals surface area contributed by atoms with Crippen molar-refractivity contribution in [2.75, 3.05) is 6.61 Å². The number of amides is 1. The molecule has 0 bridgehead atoms. The molecule has 0 aliphatic heterocycles. The van der Waals surface area contributed by atoms with Crippen LogP contribution in [-0.4, -0.2) is 18.5 Å². The molecule has 1 aliphatic carbocycles. The highest BCUT2D eigenvalue weighted by atomic mass is 19.4. The van der Waals surface area contributed by atoms with Crippen molar-refractivity contribution >= 4 is 11.9 Å². The van der Waals surface area contributed by atoms with E-state index in [1.807, 2.05) is 24.3 Å². The lowest BCUT2D eigenvalue weighted by Crippen LogP contribution is -2.34. The number of fused-ring (bicyclic) bond motifs is 1. The van der Waals surface area contributed by atoms with Crippen LogP contribution < -0.4 is 5.32 Å². The van der Waals surface area contributed by atoms with Crippen LogP contribution in [0.4, 0.5) is 13.2 Å². The Morgan fingerprint density at radius 2 is 1.78 bits per heavy atom. The molecule has 0 fully saturated rings. The SMILES string of the molecule is O=C(COC(=O)c1ccccc1C(F)(F)F)NC1CCCc2ccccc21. The van der Waals surface area contributed by atoms with Crippen LogP contribution >= 0.6 is 0 Å². The topological polar surface area (TPSA) is 55.4 Å². The number of halogens is 3. The molecule has 1 amide bonds. The van der Waals surface area contributed by atoms with Gasteiger partial charge in [-0.2, -0.15) is 13.2 Å². The Hall–Kier alpha value is -2.83. The predicted molar refractivity (Wildman–Crippen MR) is 92.0 cm³/mol. The molecule has 3 rings (SSSR count). The zero-order valence-electron chi connectivity index (χ0n) is 14.4. The molecule has 0 radical (unpaired) electrons. The number of carbonyl (C=O) groups excluding carboxylic acids is 2. The zero-order valence-corrected chi connectivity index (χ0v) is 14.4. The molecule has 1 unspecified atom stereocenters. The third-order valence-corrected chi connectivity index (χ3v) is 4.49. The van der Waals surface area contributed by atoms with E-state index in [0.29, 0.717) is 0 Å². The summed E-state index contributed by atoms with van der Waals surface area (Å²) in [4.78, 5) is 24.1. The fourth-order valence-electron chi connectivity index (χ4n) is 3.26. The predicted octanol–water partition coefficient (Wildman–Crippen LogP) is 4.06. The van der Waals surface area contributed by atoms with Gasteiger partial charge in [0.15, 0.2) is 6.61 Å². The van der Waals surface area contributed by atoms with Crippen LogP contribution in [0.1, 0.15) is 45.9 Å². The second-order valence-electron chi connectivity index (χ2n) is 6.33. The molecule has 4 nitrogen and oxygen atoms in total. The molecule has 1 N–H and O–H groups in total. The summed E-state index contributed by atoms with van der Waals surface area (Å²) in [5.41, 5.74) is 0.480. The Bertz CT molecular complexity index is 848. The molecule has 0 saturated heterocycles. The summed E-state index contributed by atoms with van der Waals surface area (Å²) in [5, 5.41) is 2.79. The average molecular weight is 377 g/mol. The fourth-order valence-corrected chi connectivity index (χ4v) is 3.26. The highest BCUT2D eigenvalue weighted by Crippen LogP contribution is 2.32. The zero-order chi connectivity index (χ0) is 19.4. The van der Waals surface area contributed by atoms with Crippen molar-refractivity contribution in [3.8, 4) is 0 Å². The van der Waals surface area contributed by atoms with Crippen molar-refractivity contribution in [2.45, 2.75) is 31.5 Å². The molecule has 2 aromatic rings. The van der Waals surface area contributed by atoms with Crippen LogP contribution in [0.25, 0.3) is 0 Å². The van der Waals surface area contributed by atoms with E-state index in [1.165, 1.54) is 12.1 Å². The molecule has 0 aromatic heterocycles. The van der Waals surface area contributed by atoms with Gasteiger partial charge >= 0.3 is 12.1 Å². The van der Waals surface area contributed by atoms with Crippen LogP contribution in [0.5, 0.6) is 0 Å². The molecular weight excluding hydrogens is 359 g/mol. The number of hydrogen-bond acceptors (Lipinski definition) is 3. The summed E-state index contributed by atoms with van der Waals surface area (Å²) < 4.78 is 43.7. The maximum Gasteiger partial charge on any atom is 0.417 e. The minimum absolute atomic E-state index is 0.191. The standard InChI is InChI=1S/C20H18F3NO3/c21-20(22,23)16-10-4-3-9-15(16)19(26)27-12-18(25)24-17-11-5-7-13-6-1-2-8-14(13)17/h1-4,6,8-10,17H,5,7,11-12H2,(H,24,25). The van der Waals surface area contributed by atoms with Crippen molar-refractivity contribution in [2.24, 2.45) is 0 Å². The molecule has 1 aliphatic rings. The monoisotopic (exact) mass is 377 g/mol. The Morgan fingerprint density at radius 3 is 2.56 bits per heavy atom. The van der Waals surface area contributed by atoms with Crippen molar-refractivity contribution in [3.05, 3.63) is 70.8 Å². The van der Waals surface area contributed by atoms with Gasteiger partial charge in [-0.05, 0) is 42.5 Å². The van der Waals surface area contributed by atoms with E-state index >= 15 is 0 Å². The van der Waals surface area contributed by atoms with E-state index in [4.69, 9.17) is 4.74 Å². The third-order valence-electron chi connectivity index (χ3n) is 4.49. The third kappa shape index (κ3) is 4.48. The Kier molecular flexibility index (Phi) is 5.48. The van der Waals surface area contributed by atoms with Gasteiger partial charge in [0.05, 0.1) is 17.2 Å². The smallest absolute Gasteiger partial charge is 0.417 e. The largest absolute Gasteiger partial charge is 0.452 e. The van der Waals surface area contributed by atoms with E-state index in [1.54, 1.807) is 0 Å². The van der Waals surface area contributed by atoms with E-state index in [-0.39, 0.29) is 6.04 Å². The van der Waals surface area contributed by atoms with Crippen molar-refractivity contribution in [1.82, 2.24) is 5.32 Å². The number of hydrogen-bond donors (Lipinski definition) is 1.